The van der Waals surface area contributed by atoms with Crippen LogP contribution in [0.4, 0.5) is 0 Å². The maximum absolute atomic E-state index is 12.7. The Bertz CT molecular complexity index is 450. The SMILES string of the molecule is CNC(C(=O)N1CCCC(COC)C1)c1cnn(C)c1.Cl. The number of aromatic nitrogens is 2. The monoisotopic (exact) mass is 316 g/mol. The third kappa shape index (κ3) is 4.43. The maximum atomic E-state index is 12.7. The number of methoxy groups -OCH3 is 1. The molecule has 0 spiro atoms. The van der Waals surface area contributed by atoms with Crippen molar-refractivity contribution in [2.75, 3.05) is 33.9 Å². The first-order valence-electron chi connectivity index (χ1n) is 7.09. The van der Waals surface area contributed by atoms with Gasteiger partial charge in [0.15, 0.2) is 0 Å². The minimum absolute atomic E-state index is 0. The number of amides is 1. The van der Waals surface area contributed by atoms with Crippen LogP contribution >= 0.6 is 12.4 Å². The summed E-state index contributed by atoms with van der Waals surface area (Å²) in [5.74, 6) is 0.574. The molecule has 0 bridgehead atoms. The van der Waals surface area contributed by atoms with Crippen molar-refractivity contribution in [2.45, 2.75) is 18.9 Å². The number of halogens is 1. The van der Waals surface area contributed by atoms with Crippen LogP contribution in [0.3, 0.4) is 0 Å². The number of carbonyl (C=O) groups excluding carboxylic acids is 1. The summed E-state index contributed by atoms with van der Waals surface area (Å²) in [6.45, 7) is 2.34. The van der Waals surface area contributed by atoms with Crippen LogP contribution in [-0.4, -0.2) is 54.4 Å². The number of hydrogen-bond donors (Lipinski definition) is 1. The van der Waals surface area contributed by atoms with Crippen molar-refractivity contribution >= 4 is 18.3 Å². The van der Waals surface area contributed by atoms with Gasteiger partial charge in [-0.25, -0.2) is 0 Å². The molecule has 7 heteroatoms. The molecule has 1 aliphatic rings. The number of nitrogens with zero attached hydrogens (tertiary/aromatic N) is 3. The predicted molar refractivity (Wildman–Crippen MR) is 83.4 cm³/mol. The lowest BCUT2D eigenvalue weighted by Crippen LogP contribution is -2.45. The zero-order chi connectivity index (χ0) is 14.5. The van der Waals surface area contributed by atoms with Gasteiger partial charge >= 0.3 is 0 Å². The second-order valence-electron chi connectivity index (χ2n) is 5.42. The number of nitrogens with one attached hydrogen (secondary N) is 1. The van der Waals surface area contributed by atoms with Gasteiger partial charge in [-0.1, -0.05) is 0 Å². The average molecular weight is 317 g/mol. The van der Waals surface area contributed by atoms with Crippen LogP contribution in [0.15, 0.2) is 12.4 Å². The number of aryl methyl sites for hydroxylation is 1. The molecule has 1 aromatic heterocycles. The number of rotatable bonds is 5. The van der Waals surface area contributed by atoms with Crippen molar-refractivity contribution < 1.29 is 9.53 Å². The van der Waals surface area contributed by atoms with E-state index in [1.807, 2.05) is 25.2 Å². The zero-order valence-electron chi connectivity index (χ0n) is 12.9. The van der Waals surface area contributed by atoms with E-state index in [9.17, 15) is 4.79 Å². The largest absolute Gasteiger partial charge is 0.384 e. The topological polar surface area (TPSA) is 59.4 Å². The highest BCUT2D eigenvalue weighted by Crippen LogP contribution is 2.21. The van der Waals surface area contributed by atoms with E-state index in [-0.39, 0.29) is 24.4 Å². The molecular weight excluding hydrogens is 292 g/mol. The van der Waals surface area contributed by atoms with E-state index in [1.54, 1.807) is 18.0 Å². The minimum Gasteiger partial charge on any atom is -0.384 e. The quantitative estimate of drug-likeness (QED) is 0.880. The van der Waals surface area contributed by atoms with Gasteiger partial charge in [-0.15, -0.1) is 12.4 Å². The van der Waals surface area contributed by atoms with Crippen molar-refractivity contribution in [3.05, 3.63) is 18.0 Å². The average Bonchev–Trinajstić information content (AvgIpc) is 2.87. The summed E-state index contributed by atoms with van der Waals surface area (Å²) in [7, 11) is 5.38. The summed E-state index contributed by atoms with van der Waals surface area (Å²) in [4.78, 5) is 14.6. The molecule has 1 aliphatic heterocycles. The summed E-state index contributed by atoms with van der Waals surface area (Å²) < 4.78 is 6.94. The van der Waals surface area contributed by atoms with Gasteiger partial charge in [0.05, 0.1) is 12.8 Å². The standard InChI is InChI=1S/C14H24N4O2.ClH/c1-15-13(12-7-16-17(2)9-12)14(19)18-6-4-5-11(8-18)10-20-3;/h7,9,11,13,15H,4-6,8,10H2,1-3H3;1H. The van der Waals surface area contributed by atoms with Crippen LogP contribution in [-0.2, 0) is 16.6 Å². The molecule has 2 atom stereocenters. The Morgan fingerprint density at radius 2 is 2.38 bits per heavy atom. The van der Waals surface area contributed by atoms with Crippen LogP contribution in [0.25, 0.3) is 0 Å². The van der Waals surface area contributed by atoms with E-state index in [1.165, 1.54) is 0 Å². The first-order valence-corrected chi connectivity index (χ1v) is 7.09. The van der Waals surface area contributed by atoms with E-state index in [0.29, 0.717) is 5.92 Å². The van der Waals surface area contributed by atoms with Crippen molar-refractivity contribution in [1.82, 2.24) is 20.0 Å². The molecule has 0 radical (unpaired) electrons. The van der Waals surface area contributed by atoms with E-state index in [2.05, 4.69) is 10.4 Å². The number of carbonyl (C=O) groups is 1. The highest BCUT2D eigenvalue weighted by molar-refractivity contribution is 5.85. The number of hydrogen-bond acceptors (Lipinski definition) is 4. The maximum Gasteiger partial charge on any atom is 0.244 e. The van der Waals surface area contributed by atoms with Crippen LogP contribution in [0, 0.1) is 5.92 Å². The summed E-state index contributed by atoms with van der Waals surface area (Å²) in [6, 6.07) is -0.315. The first-order chi connectivity index (χ1) is 9.65. The molecule has 0 aliphatic carbocycles. The second kappa shape index (κ2) is 8.36. The summed E-state index contributed by atoms with van der Waals surface area (Å²) >= 11 is 0. The molecule has 2 heterocycles. The minimum atomic E-state index is -0.315. The lowest BCUT2D eigenvalue weighted by atomic mass is 9.97. The second-order valence-corrected chi connectivity index (χ2v) is 5.42. The van der Waals surface area contributed by atoms with Crippen molar-refractivity contribution in [3.8, 4) is 0 Å². The van der Waals surface area contributed by atoms with Gasteiger partial charge in [-0.2, -0.15) is 5.10 Å². The van der Waals surface area contributed by atoms with E-state index in [0.717, 1.165) is 38.1 Å². The fraction of sp³-hybridized carbons (Fsp3) is 0.714. The Labute approximate surface area is 132 Å². The molecule has 120 valence electrons. The predicted octanol–water partition coefficient (Wildman–Crippen LogP) is 0.987. The molecule has 1 N–H and O–H groups in total. The summed E-state index contributed by atoms with van der Waals surface area (Å²) in [5, 5.41) is 7.24. The molecule has 1 aromatic rings. The van der Waals surface area contributed by atoms with Gasteiger partial charge < -0.3 is 15.0 Å². The molecule has 0 saturated carbocycles. The van der Waals surface area contributed by atoms with Gasteiger partial charge in [0, 0.05) is 39.0 Å². The molecule has 1 saturated heterocycles. The lowest BCUT2D eigenvalue weighted by Gasteiger charge is -2.34. The van der Waals surface area contributed by atoms with E-state index >= 15 is 0 Å². The first kappa shape index (κ1) is 17.9. The van der Waals surface area contributed by atoms with Crippen LogP contribution in [0.1, 0.15) is 24.4 Å². The highest BCUT2D eigenvalue weighted by atomic mass is 35.5. The van der Waals surface area contributed by atoms with Gasteiger partial charge in [-0.3, -0.25) is 9.48 Å². The van der Waals surface area contributed by atoms with Crippen molar-refractivity contribution in [1.29, 1.82) is 0 Å². The fourth-order valence-corrected chi connectivity index (χ4v) is 2.84. The lowest BCUT2D eigenvalue weighted by molar-refractivity contribution is -0.135. The number of ether oxygens (including phenoxy) is 1. The van der Waals surface area contributed by atoms with E-state index < -0.39 is 0 Å². The number of piperidine rings is 1. The number of likely N-dealkylation sites (N-methyl/N-ethyl adjacent to an activating group) is 1. The molecule has 1 fully saturated rings. The Morgan fingerprint density at radius 1 is 1.62 bits per heavy atom. The normalized spacial score (nSPS) is 20.0. The smallest absolute Gasteiger partial charge is 0.244 e. The molecule has 21 heavy (non-hydrogen) atoms. The van der Waals surface area contributed by atoms with Gasteiger partial charge in [0.25, 0.3) is 0 Å². The summed E-state index contributed by atoms with van der Waals surface area (Å²) in [5.41, 5.74) is 0.911. The summed E-state index contributed by atoms with van der Waals surface area (Å²) in [6.07, 6.45) is 5.81. The highest BCUT2D eigenvalue weighted by Gasteiger charge is 2.29. The van der Waals surface area contributed by atoms with Crippen LogP contribution < -0.4 is 5.32 Å². The zero-order valence-corrected chi connectivity index (χ0v) is 13.7. The van der Waals surface area contributed by atoms with E-state index in [4.69, 9.17) is 4.74 Å². The Morgan fingerprint density at radius 3 is 2.95 bits per heavy atom. The molecular formula is C14H25ClN4O2. The van der Waals surface area contributed by atoms with Crippen molar-refractivity contribution in [2.24, 2.45) is 13.0 Å². The molecule has 1 amide bonds. The van der Waals surface area contributed by atoms with Gasteiger partial charge in [0.1, 0.15) is 6.04 Å². The van der Waals surface area contributed by atoms with Crippen molar-refractivity contribution in [3.63, 3.8) is 0 Å². The molecule has 6 nitrogen and oxygen atoms in total. The van der Waals surface area contributed by atoms with Gasteiger partial charge in [-0.05, 0) is 25.8 Å². The van der Waals surface area contributed by atoms with Crippen LogP contribution in [0.2, 0.25) is 0 Å². The molecule has 0 aromatic carbocycles. The fourth-order valence-electron chi connectivity index (χ4n) is 2.84. The molecule has 2 unspecified atom stereocenters. The van der Waals surface area contributed by atoms with Crippen LogP contribution in [0.5, 0.6) is 0 Å². The number of likely N-dealkylation sites (tertiary alicyclic amines) is 1. The Kier molecular flexibility index (Phi) is 7.14. The van der Waals surface area contributed by atoms with Gasteiger partial charge in [0.2, 0.25) is 5.91 Å². The molecule has 2 rings (SSSR count). The Balaban J connectivity index is 0.00000220. The third-order valence-electron chi connectivity index (χ3n) is 3.83. The third-order valence-corrected chi connectivity index (χ3v) is 3.83. The Hall–Kier alpha value is -1.11.